The number of carbonyl (C=O) groups excluding carboxylic acids is 1. The number of rotatable bonds is 6. The SMILES string of the molecule is C=CCNC(=O)c1ccc(NCc2ccc(C)o2)cc1. The zero-order valence-electron chi connectivity index (χ0n) is 11.5. The minimum absolute atomic E-state index is 0.0990. The number of furan rings is 1. The Balaban J connectivity index is 1.91. The Hall–Kier alpha value is -2.49. The first kappa shape index (κ1) is 13.9. The first-order valence-electron chi connectivity index (χ1n) is 6.47. The van der Waals surface area contributed by atoms with E-state index in [1.807, 2.05) is 31.2 Å². The Bertz CT molecular complexity index is 585. The lowest BCUT2D eigenvalue weighted by Gasteiger charge is -2.06. The van der Waals surface area contributed by atoms with Gasteiger partial charge in [0.15, 0.2) is 0 Å². The van der Waals surface area contributed by atoms with Crippen LogP contribution in [0.2, 0.25) is 0 Å². The molecule has 0 unspecified atom stereocenters. The van der Waals surface area contributed by atoms with Gasteiger partial charge in [-0.25, -0.2) is 0 Å². The van der Waals surface area contributed by atoms with Crippen molar-refractivity contribution >= 4 is 11.6 Å². The maximum atomic E-state index is 11.7. The van der Waals surface area contributed by atoms with Crippen molar-refractivity contribution in [1.29, 1.82) is 0 Å². The molecule has 0 aliphatic rings. The summed E-state index contributed by atoms with van der Waals surface area (Å²) in [6, 6.07) is 11.2. The van der Waals surface area contributed by atoms with Crippen molar-refractivity contribution in [2.24, 2.45) is 0 Å². The molecule has 2 aromatic rings. The molecular weight excluding hydrogens is 252 g/mol. The molecule has 2 rings (SSSR count). The molecule has 0 saturated heterocycles. The van der Waals surface area contributed by atoms with E-state index in [2.05, 4.69) is 17.2 Å². The van der Waals surface area contributed by atoms with Crippen molar-refractivity contribution in [2.45, 2.75) is 13.5 Å². The Labute approximate surface area is 118 Å². The van der Waals surface area contributed by atoms with Crippen molar-refractivity contribution in [2.75, 3.05) is 11.9 Å². The first-order valence-corrected chi connectivity index (χ1v) is 6.47. The highest BCUT2D eigenvalue weighted by Crippen LogP contribution is 2.12. The van der Waals surface area contributed by atoms with Crippen LogP contribution in [-0.2, 0) is 6.54 Å². The van der Waals surface area contributed by atoms with Crippen molar-refractivity contribution < 1.29 is 9.21 Å². The number of hydrogen-bond acceptors (Lipinski definition) is 3. The summed E-state index contributed by atoms with van der Waals surface area (Å²) in [7, 11) is 0. The molecule has 0 aliphatic carbocycles. The van der Waals surface area contributed by atoms with Gasteiger partial charge in [-0.3, -0.25) is 4.79 Å². The molecule has 0 saturated carbocycles. The smallest absolute Gasteiger partial charge is 0.251 e. The predicted octanol–water partition coefficient (Wildman–Crippen LogP) is 3.12. The highest BCUT2D eigenvalue weighted by molar-refractivity contribution is 5.94. The number of benzene rings is 1. The summed E-state index contributed by atoms with van der Waals surface area (Å²) in [5.41, 5.74) is 1.57. The summed E-state index contributed by atoms with van der Waals surface area (Å²) in [6.07, 6.45) is 1.65. The fourth-order valence-electron chi connectivity index (χ4n) is 1.78. The van der Waals surface area contributed by atoms with Gasteiger partial charge in [0.2, 0.25) is 0 Å². The highest BCUT2D eigenvalue weighted by Gasteiger charge is 2.04. The zero-order chi connectivity index (χ0) is 14.4. The second-order valence-electron chi connectivity index (χ2n) is 4.44. The molecule has 104 valence electrons. The molecular formula is C16H18N2O2. The van der Waals surface area contributed by atoms with E-state index in [0.717, 1.165) is 17.2 Å². The van der Waals surface area contributed by atoms with Crippen LogP contribution in [0.25, 0.3) is 0 Å². The molecule has 0 spiro atoms. The Morgan fingerprint density at radius 2 is 2.00 bits per heavy atom. The fourth-order valence-corrected chi connectivity index (χ4v) is 1.78. The first-order chi connectivity index (χ1) is 9.69. The minimum atomic E-state index is -0.0990. The second-order valence-corrected chi connectivity index (χ2v) is 4.44. The lowest BCUT2D eigenvalue weighted by molar-refractivity contribution is 0.0958. The third-order valence-corrected chi connectivity index (χ3v) is 2.82. The number of carbonyl (C=O) groups is 1. The zero-order valence-corrected chi connectivity index (χ0v) is 11.5. The monoisotopic (exact) mass is 270 g/mol. The molecule has 1 aromatic heterocycles. The number of anilines is 1. The third kappa shape index (κ3) is 3.75. The van der Waals surface area contributed by atoms with Crippen molar-refractivity contribution in [1.82, 2.24) is 5.32 Å². The second kappa shape index (κ2) is 6.61. The van der Waals surface area contributed by atoms with E-state index in [4.69, 9.17) is 4.42 Å². The molecule has 0 bridgehead atoms. The van der Waals surface area contributed by atoms with Gasteiger partial charge in [0, 0.05) is 17.8 Å². The maximum Gasteiger partial charge on any atom is 0.251 e. The van der Waals surface area contributed by atoms with Crippen LogP contribution in [0.15, 0.2) is 53.5 Å². The topological polar surface area (TPSA) is 54.3 Å². The number of amides is 1. The van der Waals surface area contributed by atoms with Crippen molar-refractivity contribution in [3.8, 4) is 0 Å². The average Bonchev–Trinajstić information content (AvgIpc) is 2.89. The summed E-state index contributed by atoms with van der Waals surface area (Å²) in [5.74, 6) is 1.68. The van der Waals surface area contributed by atoms with E-state index in [-0.39, 0.29) is 5.91 Å². The summed E-state index contributed by atoms with van der Waals surface area (Å²) in [6.45, 7) is 6.57. The molecule has 20 heavy (non-hydrogen) atoms. The van der Waals surface area contributed by atoms with Crippen LogP contribution in [0, 0.1) is 6.92 Å². The van der Waals surface area contributed by atoms with Crippen LogP contribution in [0.4, 0.5) is 5.69 Å². The quantitative estimate of drug-likeness (QED) is 0.793. The third-order valence-electron chi connectivity index (χ3n) is 2.82. The van der Waals surface area contributed by atoms with Gasteiger partial charge in [-0.2, -0.15) is 0 Å². The predicted molar refractivity (Wildman–Crippen MR) is 79.7 cm³/mol. The molecule has 2 N–H and O–H groups in total. The maximum absolute atomic E-state index is 11.7. The van der Waals surface area contributed by atoms with Gasteiger partial charge in [0.1, 0.15) is 11.5 Å². The normalized spacial score (nSPS) is 10.1. The van der Waals surface area contributed by atoms with E-state index in [0.29, 0.717) is 18.7 Å². The van der Waals surface area contributed by atoms with Gasteiger partial charge in [-0.05, 0) is 43.3 Å². The molecule has 1 aromatic carbocycles. The Kier molecular flexibility index (Phi) is 4.60. The summed E-state index contributed by atoms with van der Waals surface area (Å²) < 4.78 is 5.48. The van der Waals surface area contributed by atoms with Crippen LogP contribution in [0.3, 0.4) is 0 Å². The van der Waals surface area contributed by atoms with Crippen LogP contribution in [0.1, 0.15) is 21.9 Å². The standard InChI is InChI=1S/C16H18N2O2/c1-3-10-17-16(19)13-5-7-14(8-6-13)18-11-15-9-4-12(2)20-15/h3-9,18H,1,10-11H2,2H3,(H,17,19). The number of aryl methyl sites for hydroxylation is 1. The van der Waals surface area contributed by atoms with Gasteiger partial charge in [0.25, 0.3) is 5.91 Å². The van der Waals surface area contributed by atoms with E-state index in [1.165, 1.54) is 0 Å². The van der Waals surface area contributed by atoms with Crippen molar-refractivity contribution in [3.05, 3.63) is 66.1 Å². The number of hydrogen-bond donors (Lipinski definition) is 2. The van der Waals surface area contributed by atoms with E-state index in [1.54, 1.807) is 18.2 Å². The van der Waals surface area contributed by atoms with E-state index >= 15 is 0 Å². The summed E-state index contributed by atoms with van der Waals surface area (Å²) in [5, 5.41) is 5.98. The van der Waals surface area contributed by atoms with Gasteiger partial charge in [-0.15, -0.1) is 6.58 Å². The molecule has 0 radical (unpaired) electrons. The molecule has 0 atom stereocenters. The Morgan fingerprint density at radius 3 is 2.60 bits per heavy atom. The van der Waals surface area contributed by atoms with Crippen LogP contribution < -0.4 is 10.6 Å². The van der Waals surface area contributed by atoms with Gasteiger partial charge in [0.05, 0.1) is 6.54 Å². The molecule has 0 aliphatic heterocycles. The molecule has 4 nitrogen and oxygen atoms in total. The summed E-state index contributed by atoms with van der Waals surface area (Å²) >= 11 is 0. The van der Waals surface area contributed by atoms with Gasteiger partial charge < -0.3 is 15.1 Å². The minimum Gasteiger partial charge on any atom is -0.465 e. The van der Waals surface area contributed by atoms with Crippen molar-refractivity contribution in [3.63, 3.8) is 0 Å². The van der Waals surface area contributed by atoms with Gasteiger partial charge >= 0.3 is 0 Å². The average molecular weight is 270 g/mol. The fraction of sp³-hybridized carbons (Fsp3) is 0.188. The van der Waals surface area contributed by atoms with Gasteiger partial charge in [-0.1, -0.05) is 6.08 Å². The van der Waals surface area contributed by atoms with E-state index in [9.17, 15) is 4.79 Å². The summed E-state index contributed by atoms with van der Waals surface area (Å²) in [4.78, 5) is 11.7. The molecule has 1 heterocycles. The van der Waals surface area contributed by atoms with Crippen LogP contribution >= 0.6 is 0 Å². The molecule has 1 amide bonds. The molecule has 4 heteroatoms. The largest absolute Gasteiger partial charge is 0.465 e. The van der Waals surface area contributed by atoms with Crippen LogP contribution in [0.5, 0.6) is 0 Å². The lowest BCUT2D eigenvalue weighted by Crippen LogP contribution is -2.23. The van der Waals surface area contributed by atoms with E-state index < -0.39 is 0 Å². The highest BCUT2D eigenvalue weighted by atomic mass is 16.3. The Morgan fingerprint density at radius 1 is 1.25 bits per heavy atom. The number of nitrogens with one attached hydrogen (secondary N) is 2. The molecule has 0 fully saturated rings. The van der Waals surface area contributed by atoms with Crippen LogP contribution in [-0.4, -0.2) is 12.5 Å². The lowest BCUT2D eigenvalue weighted by atomic mass is 10.2.